The summed E-state index contributed by atoms with van der Waals surface area (Å²) in [4.78, 5) is 26.9. The molecular formula is C22H29N5O4S. The first kappa shape index (κ1) is 22.4. The van der Waals surface area contributed by atoms with E-state index in [1.807, 2.05) is 41.5 Å². The van der Waals surface area contributed by atoms with E-state index >= 15 is 0 Å². The molecule has 2 amide bonds. The molecule has 0 spiro atoms. The molecule has 1 aromatic carbocycles. The van der Waals surface area contributed by atoms with Crippen molar-refractivity contribution in [2.45, 2.75) is 69.6 Å². The monoisotopic (exact) mass is 459 g/mol. The van der Waals surface area contributed by atoms with Gasteiger partial charge < -0.3 is 24.3 Å². The van der Waals surface area contributed by atoms with Crippen molar-refractivity contribution in [1.82, 2.24) is 25.0 Å². The summed E-state index contributed by atoms with van der Waals surface area (Å²) < 4.78 is 12.7. The van der Waals surface area contributed by atoms with Gasteiger partial charge in [-0.3, -0.25) is 9.59 Å². The van der Waals surface area contributed by atoms with Crippen LogP contribution in [-0.2, 0) is 29.2 Å². The SMILES string of the molecule is CCn1c(CN2CCCCCC2=O)nnc1SC(C)C(=O)NCc1ccc2c(c1)OCO2. The Labute approximate surface area is 191 Å². The maximum Gasteiger partial charge on any atom is 0.233 e. The molecule has 0 aliphatic carbocycles. The molecule has 1 N–H and O–H groups in total. The van der Waals surface area contributed by atoms with Gasteiger partial charge in [-0.2, -0.15) is 0 Å². The second-order valence-corrected chi connectivity index (χ2v) is 9.24. The fourth-order valence-corrected chi connectivity index (χ4v) is 4.77. The van der Waals surface area contributed by atoms with Gasteiger partial charge in [-0.1, -0.05) is 24.2 Å². The smallest absolute Gasteiger partial charge is 0.233 e. The summed E-state index contributed by atoms with van der Waals surface area (Å²) in [5, 5.41) is 11.9. The Kier molecular flexibility index (Phi) is 7.19. The highest BCUT2D eigenvalue weighted by Gasteiger charge is 2.23. The van der Waals surface area contributed by atoms with Crippen molar-refractivity contribution in [1.29, 1.82) is 0 Å². The van der Waals surface area contributed by atoms with Gasteiger partial charge in [0.25, 0.3) is 0 Å². The molecule has 1 unspecified atom stereocenters. The van der Waals surface area contributed by atoms with Crippen LogP contribution in [0.3, 0.4) is 0 Å². The van der Waals surface area contributed by atoms with E-state index in [1.54, 1.807) is 0 Å². The predicted octanol–water partition coefficient (Wildman–Crippen LogP) is 2.73. The van der Waals surface area contributed by atoms with Gasteiger partial charge in [-0.05, 0) is 44.4 Å². The van der Waals surface area contributed by atoms with Crippen LogP contribution in [0.5, 0.6) is 11.5 Å². The van der Waals surface area contributed by atoms with Gasteiger partial charge in [0.2, 0.25) is 18.6 Å². The molecule has 1 atom stereocenters. The number of nitrogens with zero attached hydrogens (tertiary/aromatic N) is 4. The van der Waals surface area contributed by atoms with Crippen molar-refractivity contribution in [3.05, 3.63) is 29.6 Å². The molecule has 172 valence electrons. The van der Waals surface area contributed by atoms with Crippen LogP contribution in [0.15, 0.2) is 23.4 Å². The lowest BCUT2D eigenvalue weighted by Crippen LogP contribution is -2.31. The number of fused-ring (bicyclic) bond motifs is 1. The Morgan fingerprint density at radius 2 is 2.06 bits per heavy atom. The second-order valence-electron chi connectivity index (χ2n) is 7.93. The zero-order valence-electron chi connectivity index (χ0n) is 18.5. The normalized spacial score (nSPS) is 16.7. The Balaban J connectivity index is 1.34. The summed E-state index contributed by atoms with van der Waals surface area (Å²) in [6, 6.07) is 5.64. The Morgan fingerprint density at radius 3 is 2.91 bits per heavy atom. The number of amides is 2. The minimum absolute atomic E-state index is 0.0810. The zero-order valence-corrected chi connectivity index (χ0v) is 19.3. The Morgan fingerprint density at radius 1 is 1.22 bits per heavy atom. The maximum atomic E-state index is 12.7. The number of hydrogen-bond acceptors (Lipinski definition) is 7. The van der Waals surface area contributed by atoms with Gasteiger partial charge in [0.1, 0.15) is 0 Å². The number of hydrogen-bond donors (Lipinski definition) is 1. The number of aromatic nitrogens is 3. The van der Waals surface area contributed by atoms with Crippen LogP contribution in [0.2, 0.25) is 0 Å². The molecule has 9 nitrogen and oxygen atoms in total. The summed E-state index contributed by atoms with van der Waals surface area (Å²) in [5.41, 5.74) is 0.945. The van der Waals surface area contributed by atoms with Crippen molar-refractivity contribution < 1.29 is 19.1 Å². The van der Waals surface area contributed by atoms with Gasteiger partial charge in [0.15, 0.2) is 22.5 Å². The number of thioether (sulfide) groups is 1. The Bertz CT molecular complexity index is 979. The van der Waals surface area contributed by atoms with E-state index in [0.29, 0.717) is 37.0 Å². The van der Waals surface area contributed by atoms with Gasteiger partial charge in [-0.25, -0.2) is 0 Å². The molecule has 3 heterocycles. The molecule has 0 bridgehead atoms. The first-order valence-electron chi connectivity index (χ1n) is 11.1. The lowest BCUT2D eigenvalue weighted by molar-refractivity contribution is -0.131. The molecule has 10 heteroatoms. The molecule has 0 radical (unpaired) electrons. The third-order valence-corrected chi connectivity index (χ3v) is 6.75. The van der Waals surface area contributed by atoms with E-state index in [1.165, 1.54) is 11.8 Å². The summed E-state index contributed by atoms with van der Waals surface area (Å²) in [6.07, 6.45) is 3.66. The van der Waals surface area contributed by atoms with Crippen LogP contribution in [0.1, 0.15) is 50.9 Å². The lowest BCUT2D eigenvalue weighted by atomic mass is 10.2. The fraction of sp³-hybridized carbons (Fsp3) is 0.545. The number of carbonyl (C=O) groups is 2. The van der Waals surface area contributed by atoms with Gasteiger partial charge >= 0.3 is 0 Å². The molecule has 1 fully saturated rings. The largest absolute Gasteiger partial charge is 0.454 e. The van der Waals surface area contributed by atoms with Crippen molar-refractivity contribution >= 4 is 23.6 Å². The van der Waals surface area contributed by atoms with E-state index in [-0.39, 0.29) is 23.9 Å². The average Bonchev–Trinajstić information content (AvgIpc) is 3.36. The first-order chi connectivity index (χ1) is 15.5. The van der Waals surface area contributed by atoms with Crippen LogP contribution in [0, 0.1) is 0 Å². The maximum absolute atomic E-state index is 12.7. The minimum Gasteiger partial charge on any atom is -0.454 e. The lowest BCUT2D eigenvalue weighted by Gasteiger charge is -2.20. The zero-order chi connectivity index (χ0) is 22.5. The molecule has 2 aromatic rings. The fourth-order valence-electron chi connectivity index (χ4n) is 3.81. The molecule has 0 saturated carbocycles. The highest BCUT2D eigenvalue weighted by molar-refractivity contribution is 8.00. The van der Waals surface area contributed by atoms with Crippen molar-refractivity contribution in [3.8, 4) is 11.5 Å². The standard InChI is InChI=1S/C22H29N5O4S/c1-3-27-19(13-26-10-6-4-5-7-20(26)28)24-25-22(27)32-15(2)21(29)23-12-16-8-9-17-18(11-16)31-14-30-17/h8-9,11,15H,3-7,10,12-14H2,1-2H3,(H,23,29). The van der Waals surface area contributed by atoms with Gasteiger partial charge in [0, 0.05) is 26.1 Å². The molecule has 2 aliphatic rings. The molecule has 1 aromatic heterocycles. The quantitative estimate of drug-likeness (QED) is 0.606. The number of benzene rings is 1. The summed E-state index contributed by atoms with van der Waals surface area (Å²) >= 11 is 1.38. The van der Waals surface area contributed by atoms with Gasteiger partial charge in [-0.15, -0.1) is 10.2 Å². The number of nitrogens with one attached hydrogen (secondary N) is 1. The topological polar surface area (TPSA) is 98.6 Å². The number of carbonyl (C=O) groups excluding carboxylic acids is 2. The van der Waals surface area contributed by atoms with E-state index < -0.39 is 0 Å². The van der Waals surface area contributed by atoms with E-state index in [0.717, 1.165) is 42.9 Å². The molecule has 4 rings (SSSR count). The summed E-state index contributed by atoms with van der Waals surface area (Å²) in [6.45, 7) is 6.41. The van der Waals surface area contributed by atoms with Crippen LogP contribution in [-0.4, -0.2) is 50.1 Å². The van der Waals surface area contributed by atoms with Crippen molar-refractivity contribution in [3.63, 3.8) is 0 Å². The van der Waals surface area contributed by atoms with Crippen LogP contribution >= 0.6 is 11.8 Å². The molecular weight excluding hydrogens is 430 g/mol. The van der Waals surface area contributed by atoms with E-state index in [2.05, 4.69) is 15.5 Å². The average molecular weight is 460 g/mol. The number of likely N-dealkylation sites (tertiary alicyclic amines) is 1. The Hall–Kier alpha value is -2.75. The van der Waals surface area contributed by atoms with Gasteiger partial charge in [0.05, 0.1) is 11.8 Å². The van der Waals surface area contributed by atoms with E-state index in [9.17, 15) is 9.59 Å². The first-order valence-corrected chi connectivity index (χ1v) is 12.0. The number of ether oxygens (including phenoxy) is 2. The highest BCUT2D eigenvalue weighted by atomic mass is 32.2. The summed E-state index contributed by atoms with van der Waals surface area (Å²) in [5.74, 6) is 2.28. The molecule has 32 heavy (non-hydrogen) atoms. The van der Waals surface area contributed by atoms with Crippen molar-refractivity contribution in [2.75, 3.05) is 13.3 Å². The van der Waals surface area contributed by atoms with Crippen LogP contribution < -0.4 is 14.8 Å². The van der Waals surface area contributed by atoms with E-state index in [4.69, 9.17) is 9.47 Å². The van der Waals surface area contributed by atoms with Crippen LogP contribution in [0.25, 0.3) is 0 Å². The second kappa shape index (κ2) is 10.2. The molecule has 2 aliphatic heterocycles. The number of rotatable bonds is 8. The van der Waals surface area contributed by atoms with Crippen LogP contribution in [0.4, 0.5) is 0 Å². The molecule has 1 saturated heterocycles. The minimum atomic E-state index is -0.342. The predicted molar refractivity (Wildman–Crippen MR) is 119 cm³/mol. The third-order valence-electron chi connectivity index (χ3n) is 5.67. The third kappa shape index (κ3) is 5.17. The van der Waals surface area contributed by atoms with Crippen molar-refractivity contribution in [2.24, 2.45) is 0 Å². The highest BCUT2D eigenvalue weighted by Crippen LogP contribution is 2.32. The summed E-state index contributed by atoms with van der Waals surface area (Å²) in [7, 11) is 0.